The van der Waals surface area contributed by atoms with Crippen LogP contribution in [0.5, 0.6) is 0 Å². The summed E-state index contributed by atoms with van der Waals surface area (Å²) < 4.78 is 13.5. The maximum atomic E-state index is 7.04. The SMILES string of the molecule is CC1(c2cccc3oc4c(N(c5ccc(-c6ccccc6)cc5)c5cccc6oc7ccccc7c56)cccc4c23)c2ccccc2-c2ccccc21. The van der Waals surface area contributed by atoms with E-state index in [4.69, 9.17) is 8.83 Å². The number of hydrogen-bond donors (Lipinski definition) is 0. The van der Waals surface area contributed by atoms with Crippen LogP contribution in [0.4, 0.5) is 17.1 Å². The van der Waals surface area contributed by atoms with Crippen LogP contribution in [-0.2, 0) is 5.41 Å². The van der Waals surface area contributed by atoms with Gasteiger partial charge in [-0.2, -0.15) is 0 Å². The van der Waals surface area contributed by atoms with Crippen molar-refractivity contribution in [1.29, 1.82) is 0 Å². The summed E-state index contributed by atoms with van der Waals surface area (Å²) in [5.41, 5.74) is 14.9. The number of benzene rings is 8. The summed E-state index contributed by atoms with van der Waals surface area (Å²) in [6.07, 6.45) is 0. The van der Waals surface area contributed by atoms with E-state index in [0.717, 1.165) is 60.9 Å². The van der Waals surface area contributed by atoms with Crippen LogP contribution in [0.15, 0.2) is 191 Å². The zero-order valence-corrected chi connectivity index (χ0v) is 29.1. The quantitative estimate of drug-likeness (QED) is 0.181. The van der Waals surface area contributed by atoms with Crippen molar-refractivity contribution in [3.05, 3.63) is 199 Å². The van der Waals surface area contributed by atoms with E-state index < -0.39 is 0 Å². The number of furan rings is 2. The molecule has 0 unspecified atom stereocenters. The highest BCUT2D eigenvalue weighted by Gasteiger charge is 2.42. The summed E-state index contributed by atoms with van der Waals surface area (Å²) in [6.45, 7) is 2.38. The van der Waals surface area contributed by atoms with Crippen LogP contribution >= 0.6 is 0 Å². The Morgan fingerprint density at radius 1 is 0.396 bits per heavy atom. The average Bonchev–Trinajstić information content (AvgIpc) is 3.88. The number of para-hydroxylation sites is 2. The van der Waals surface area contributed by atoms with Crippen LogP contribution in [0.1, 0.15) is 23.6 Å². The number of rotatable bonds is 5. The molecule has 0 bridgehead atoms. The molecule has 8 aromatic carbocycles. The van der Waals surface area contributed by atoms with Crippen molar-refractivity contribution in [2.24, 2.45) is 0 Å². The third kappa shape index (κ3) is 4.28. The van der Waals surface area contributed by atoms with Crippen molar-refractivity contribution >= 4 is 60.9 Å². The van der Waals surface area contributed by atoms with Crippen molar-refractivity contribution in [1.82, 2.24) is 0 Å². The normalized spacial score (nSPS) is 13.2. The summed E-state index contributed by atoms with van der Waals surface area (Å²) in [6, 6.07) is 64.8. The van der Waals surface area contributed by atoms with E-state index in [1.165, 1.54) is 38.9 Å². The van der Waals surface area contributed by atoms with Gasteiger partial charge in [0.05, 0.1) is 16.8 Å². The number of hydrogen-bond acceptors (Lipinski definition) is 3. The molecule has 0 fully saturated rings. The summed E-state index contributed by atoms with van der Waals surface area (Å²) in [5.74, 6) is 0. The fourth-order valence-electron chi connectivity index (χ4n) is 8.95. The molecule has 0 aliphatic heterocycles. The minimum Gasteiger partial charge on any atom is -0.456 e. The van der Waals surface area contributed by atoms with Gasteiger partial charge in [0.15, 0.2) is 5.58 Å². The zero-order chi connectivity index (χ0) is 35.1. The molecule has 1 aliphatic rings. The lowest BCUT2D eigenvalue weighted by atomic mass is 9.73. The first-order valence-electron chi connectivity index (χ1n) is 18.2. The first-order chi connectivity index (χ1) is 26.2. The average molecular weight is 680 g/mol. The highest BCUT2D eigenvalue weighted by molar-refractivity contribution is 6.17. The molecule has 3 heteroatoms. The Morgan fingerprint density at radius 2 is 0.943 bits per heavy atom. The molecular formula is C50H33NO2. The van der Waals surface area contributed by atoms with Gasteiger partial charge in [-0.3, -0.25) is 0 Å². The van der Waals surface area contributed by atoms with Gasteiger partial charge in [-0.25, -0.2) is 0 Å². The minimum atomic E-state index is -0.367. The Kier molecular flexibility index (Phi) is 6.38. The Hall–Kier alpha value is -6.84. The Bertz CT molecular complexity index is 2980. The van der Waals surface area contributed by atoms with Crippen LogP contribution in [0.25, 0.3) is 66.1 Å². The second-order valence-electron chi connectivity index (χ2n) is 14.1. The van der Waals surface area contributed by atoms with Gasteiger partial charge in [0.25, 0.3) is 0 Å². The molecule has 250 valence electrons. The zero-order valence-electron chi connectivity index (χ0n) is 29.1. The molecule has 0 saturated carbocycles. The molecule has 1 aliphatic carbocycles. The molecule has 11 rings (SSSR count). The molecule has 10 aromatic rings. The van der Waals surface area contributed by atoms with E-state index in [-0.39, 0.29) is 5.41 Å². The molecule has 0 radical (unpaired) electrons. The molecule has 2 aromatic heterocycles. The largest absolute Gasteiger partial charge is 0.456 e. The van der Waals surface area contributed by atoms with Gasteiger partial charge in [0.2, 0.25) is 0 Å². The van der Waals surface area contributed by atoms with E-state index in [1.54, 1.807) is 0 Å². The van der Waals surface area contributed by atoms with Gasteiger partial charge >= 0.3 is 0 Å². The standard InChI is InChI=1S/C50H33NO2/c1-50(39-20-8-5-16-35(39)36-17-6-9-21-40(36)50)41-22-12-26-45-47(41)38-19-11-24-43(49(38)53-45)51(34-30-28-33(29-31-34)32-14-3-2-4-15-32)42-23-13-27-46-48(42)37-18-7-10-25-44(37)52-46/h2-31H,1H3. The Balaban J connectivity index is 1.18. The number of fused-ring (bicyclic) bond motifs is 9. The highest BCUT2D eigenvalue weighted by atomic mass is 16.3. The van der Waals surface area contributed by atoms with Crippen molar-refractivity contribution in [3.8, 4) is 22.3 Å². The van der Waals surface area contributed by atoms with E-state index in [0.29, 0.717) is 0 Å². The maximum absolute atomic E-state index is 7.04. The van der Waals surface area contributed by atoms with Crippen LogP contribution in [0, 0.1) is 0 Å². The third-order valence-electron chi connectivity index (χ3n) is 11.4. The Morgan fingerprint density at radius 3 is 1.72 bits per heavy atom. The molecule has 0 N–H and O–H groups in total. The van der Waals surface area contributed by atoms with Crippen molar-refractivity contribution in [2.75, 3.05) is 4.90 Å². The molecule has 53 heavy (non-hydrogen) atoms. The van der Waals surface area contributed by atoms with Gasteiger partial charge in [0, 0.05) is 27.3 Å². The molecular weight excluding hydrogens is 647 g/mol. The topological polar surface area (TPSA) is 29.5 Å². The summed E-state index contributed by atoms with van der Waals surface area (Å²) in [5, 5.41) is 4.38. The lowest BCUT2D eigenvalue weighted by Crippen LogP contribution is -2.22. The number of nitrogens with zero attached hydrogens (tertiary/aromatic N) is 1. The Labute approximate surface area is 307 Å². The van der Waals surface area contributed by atoms with Crippen molar-refractivity contribution in [2.45, 2.75) is 12.3 Å². The first kappa shape index (κ1) is 29.8. The molecule has 2 heterocycles. The monoisotopic (exact) mass is 679 g/mol. The summed E-state index contributed by atoms with van der Waals surface area (Å²) in [7, 11) is 0. The molecule has 0 amide bonds. The smallest absolute Gasteiger partial charge is 0.159 e. The molecule has 0 atom stereocenters. The van der Waals surface area contributed by atoms with Crippen LogP contribution in [0.2, 0.25) is 0 Å². The van der Waals surface area contributed by atoms with Gasteiger partial charge in [-0.15, -0.1) is 0 Å². The van der Waals surface area contributed by atoms with Gasteiger partial charge in [-0.1, -0.05) is 140 Å². The minimum absolute atomic E-state index is 0.367. The highest BCUT2D eigenvalue weighted by Crippen LogP contribution is 2.55. The summed E-state index contributed by atoms with van der Waals surface area (Å²) >= 11 is 0. The van der Waals surface area contributed by atoms with Crippen LogP contribution in [-0.4, -0.2) is 0 Å². The van der Waals surface area contributed by atoms with Gasteiger partial charge in [0.1, 0.15) is 16.7 Å². The lowest BCUT2D eigenvalue weighted by molar-refractivity contribution is 0.666. The summed E-state index contributed by atoms with van der Waals surface area (Å²) in [4.78, 5) is 2.34. The molecule has 3 nitrogen and oxygen atoms in total. The third-order valence-corrected chi connectivity index (χ3v) is 11.4. The van der Waals surface area contributed by atoms with Gasteiger partial charge < -0.3 is 13.7 Å². The fraction of sp³-hybridized carbons (Fsp3) is 0.0400. The maximum Gasteiger partial charge on any atom is 0.159 e. The van der Waals surface area contributed by atoms with Crippen LogP contribution < -0.4 is 4.90 Å². The predicted molar refractivity (Wildman–Crippen MR) is 219 cm³/mol. The van der Waals surface area contributed by atoms with E-state index in [9.17, 15) is 0 Å². The second-order valence-corrected chi connectivity index (χ2v) is 14.1. The van der Waals surface area contributed by atoms with E-state index >= 15 is 0 Å². The lowest BCUT2D eigenvalue weighted by Gasteiger charge is -2.29. The van der Waals surface area contributed by atoms with Gasteiger partial charge in [-0.05, 0) is 88.3 Å². The molecule has 0 spiro atoms. The van der Waals surface area contributed by atoms with Crippen molar-refractivity contribution < 1.29 is 8.83 Å². The second kappa shape index (κ2) is 11.3. The van der Waals surface area contributed by atoms with E-state index in [2.05, 4.69) is 182 Å². The first-order valence-corrected chi connectivity index (χ1v) is 18.2. The van der Waals surface area contributed by atoms with E-state index in [1.807, 2.05) is 12.1 Å². The van der Waals surface area contributed by atoms with Crippen molar-refractivity contribution in [3.63, 3.8) is 0 Å². The molecule has 0 saturated heterocycles. The fourth-order valence-corrected chi connectivity index (χ4v) is 8.95. The number of anilines is 3. The van der Waals surface area contributed by atoms with Crippen LogP contribution in [0.3, 0.4) is 0 Å². The predicted octanol–water partition coefficient (Wildman–Crippen LogP) is 14.0.